The van der Waals surface area contributed by atoms with Crippen molar-refractivity contribution in [2.24, 2.45) is 0 Å². The number of rotatable bonds is 5. The minimum Gasteiger partial charge on any atom is -0.399 e. The van der Waals surface area contributed by atoms with Gasteiger partial charge < -0.3 is 14.8 Å². The van der Waals surface area contributed by atoms with E-state index in [0.717, 1.165) is 36.5 Å². The molecule has 2 aromatic heterocycles. The van der Waals surface area contributed by atoms with Gasteiger partial charge in [0.1, 0.15) is 5.69 Å². The highest BCUT2D eigenvalue weighted by atomic mass is 16.5. The Bertz CT molecular complexity index is 714. The van der Waals surface area contributed by atoms with Gasteiger partial charge in [0.25, 0.3) is 5.89 Å². The first-order valence-electron chi connectivity index (χ1n) is 6.93. The molecule has 0 aliphatic carbocycles. The lowest BCUT2D eigenvalue weighted by molar-refractivity contribution is 0.421. The van der Waals surface area contributed by atoms with Crippen LogP contribution < -0.4 is 5.73 Å². The van der Waals surface area contributed by atoms with E-state index in [4.69, 9.17) is 10.3 Å². The van der Waals surface area contributed by atoms with Crippen LogP contribution in [0.4, 0.5) is 5.69 Å². The molecule has 0 aliphatic heterocycles. The summed E-state index contributed by atoms with van der Waals surface area (Å²) in [6.07, 6.45) is 5.47. The first-order valence-corrected chi connectivity index (χ1v) is 6.93. The van der Waals surface area contributed by atoms with E-state index in [9.17, 15) is 0 Å². The van der Waals surface area contributed by atoms with Crippen molar-refractivity contribution in [3.05, 3.63) is 48.2 Å². The van der Waals surface area contributed by atoms with Gasteiger partial charge in [-0.3, -0.25) is 0 Å². The molecule has 3 aromatic rings. The molecular weight excluding hydrogens is 266 g/mol. The highest BCUT2D eigenvalue weighted by Gasteiger charge is 2.11. The first kappa shape index (κ1) is 13.4. The van der Waals surface area contributed by atoms with Crippen LogP contribution in [0.3, 0.4) is 0 Å². The summed E-state index contributed by atoms with van der Waals surface area (Å²) in [4.78, 5) is 8.65. The van der Waals surface area contributed by atoms with E-state index >= 15 is 0 Å². The zero-order valence-corrected chi connectivity index (χ0v) is 11.9. The van der Waals surface area contributed by atoms with Gasteiger partial charge in [-0.1, -0.05) is 24.2 Å². The number of nitrogens with zero attached hydrogens (tertiary/aromatic N) is 4. The molecule has 6 nitrogen and oxygen atoms in total. The van der Waals surface area contributed by atoms with Crippen LogP contribution in [0.15, 0.2) is 41.3 Å². The predicted octanol–water partition coefficient (Wildman–Crippen LogP) is 2.52. The topological polar surface area (TPSA) is 82.8 Å². The van der Waals surface area contributed by atoms with Gasteiger partial charge in [0.05, 0.1) is 6.33 Å². The fourth-order valence-electron chi connectivity index (χ4n) is 2.07. The fraction of sp³-hybridized carbons (Fsp3) is 0.267. The van der Waals surface area contributed by atoms with Gasteiger partial charge in [0.15, 0.2) is 5.82 Å². The third kappa shape index (κ3) is 3.10. The maximum Gasteiger partial charge on any atom is 0.278 e. The number of nitrogens with two attached hydrogens (primary N) is 1. The quantitative estimate of drug-likeness (QED) is 0.727. The van der Waals surface area contributed by atoms with Crippen molar-refractivity contribution < 1.29 is 4.52 Å². The lowest BCUT2D eigenvalue weighted by Crippen LogP contribution is -1.96. The van der Waals surface area contributed by atoms with Crippen LogP contribution in [0.1, 0.15) is 24.7 Å². The first-order chi connectivity index (χ1) is 10.2. The van der Waals surface area contributed by atoms with Gasteiger partial charge >= 0.3 is 0 Å². The van der Waals surface area contributed by atoms with Gasteiger partial charge in [-0.15, -0.1) is 0 Å². The Morgan fingerprint density at radius 2 is 2.05 bits per heavy atom. The normalized spacial score (nSPS) is 10.9. The van der Waals surface area contributed by atoms with Crippen molar-refractivity contribution in [1.82, 2.24) is 19.7 Å². The van der Waals surface area contributed by atoms with Crippen LogP contribution in [0.2, 0.25) is 0 Å². The monoisotopic (exact) mass is 283 g/mol. The Morgan fingerprint density at radius 3 is 2.81 bits per heavy atom. The number of hydrogen-bond acceptors (Lipinski definition) is 5. The van der Waals surface area contributed by atoms with E-state index in [0.29, 0.717) is 11.6 Å². The number of benzene rings is 1. The Balaban J connectivity index is 1.74. The standard InChI is InChI=1S/C15H17N5O/c1-2-3-14-18-15(21-19-14)13-9-20(10-17-13)8-11-4-6-12(16)7-5-11/h4-7,9-10H,2-3,8,16H2,1H3. The fourth-order valence-corrected chi connectivity index (χ4v) is 2.07. The maximum atomic E-state index is 5.68. The van der Waals surface area contributed by atoms with Crippen LogP contribution in [0.25, 0.3) is 11.6 Å². The highest BCUT2D eigenvalue weighted by molar-refractivity contribution is 5.44. The number of aromatic nitrogens is 4. The molecule has 21 heavy (non-hydrogen) atoms. The molecule has 108 valence electrons. The third-order valence-electron chi connectivity index (χ3n) is 3.14. The molecule has 3 rings (SSSR count). The van der Waals surface area contributed by atoms with Crippen molar-refractivity contribution in [3.8, 4) is 11.6 Å². The van der Waals surface area contributed by atoms with E-state index in [1.807, 2.05) is 35.0 Å². The Labute approximate surface area is 122 Å². The molecule has 0 atom stereocenters. The van der Waals surface area contributed by atoms with Crippen LogP contribution >= 0.6 is 0 Å². The minimum atomic E-state index is 0.467. The summed E-state index contributed by atoms with van der Waals surface area (Å²) in [5.74, 6) is 1.19. The lowest BCUT2D eigenvalue weighted by atomic mass is 10.2. The second-order valence-corrected chi connectivity index (χ2v) is 4.94. The summed E-state index contributed by atoms with van der Waals surface area (Å²) in [6.45, 7) is 2.81. The third-order valence-corrected chi connectivity index (χ3v) is 3.14. The molecule has 0 bridgehead atoms. The summed E-state index contributed by atoms with van der Waals surface area (Å²) >= 11 is 0. The van der Waals surface area contributed by atoms with E-state index in [2.05, 4.69) is 22.0 Å². The zero-order chi connectivity index (χ0) is 14.7. The molecule has 0 aliphatic rings. The van der Waals surface area contributed by atoms with E-state index in [1.54, 1.807) is 6.33 Å². The summed E-state index contributed by atoms with van der Waals surface area (Å²) in [5.41, 5.74) is 8.30. The van der Waals surface area contributed by atoms with Crippen molar-refractivity contribution in [1.29, 1.82) is 0 Å². The van der Waals surface area contributed by atoms with Crippen molar-refractivity contribution in [2.45, 2.75) is 26.3 Å². The largest absolute Gasteiger partial charge is 0.399 e. The summed E-state index contributed by atoms with van der Waals surface area (Å²) in [6, 6.07) is 7.78. The predicted molar refractivity (Wildman–Crippen MR) is 79.5 cm³/mol. The Kier molecular flexibility index (Phi) is 3.68. The number of aryl methyl sites for hydroxylation is 1. The average molecular weight is 283 g/mol. The molecule has 0 unspecified atom stereocenters. The maximum absolute atomic E-state index is 5.68. The van der Waals surface area contributed by atoms with Crippen LogP contribution in [-0.4, -0.2) is 19.7 Å². The molecular formula is C15H17N5O. The molecule has 0 fully saturated rings. The van der Waals surface area contributed by atoms with Gasteiger partial charge in [-0.25, -0.2) is 4.98 Å². The lowest BCUT2D eigenvalue weighted by Gasteiger charge is -2.02. The molecule has 0 saturated heterocycles. The minimum absolute atomic E-state index is 0.467. The zero-order valence-electron chi connectivity index (χ0n) is 11.9. The van der Waals surface area contributed by atoms with Gasteiger partial charge in [-0.05, 0) is 24.1 Å². The average Bonchev–Trinajstić information content (AvgIpc) is 3.11. The number of imidazole rings is 1. The van der Waals surface area contributed by atoms with E-state index < -0.39 is 0 Å². The molecule has 0 spiro atoms. The SMILES string of the molecule is CCCc1noc(-c2cn(Cc3ccc(N)cc3)cn2)n1. The number of nitrogen functional groups attached to an aromatic ring is 1. The summed E-state index contributed by atoms with van der Waals surface area (Å²) in [7, 11) is 0. The molecule has 0 saturated carbocycles. The Hall–Kier alpha value is -2.63. The highest BCUT2D eigenvalue weighted by Crippen LogP contribution is 2.16. The van der Waals surface area contributed by atoms with Crippen LogP contribution in [-0.2, 0) is 13.0 Å². The summed E-state index contributed by atoms with van der Waals surface area (Å²) in [5, 5.41) is 3.94. The molecule has 0 radical (unpaired) electrons. The van der Waals surface area contributed by atoms with Crippen molar-refractivity contribution in [2.75, 3.05) is 5.73 Å². The number of anilines is 1. The van der Waals surface area contributed by atoms with Crippen LogP contribution in [0.5, 0.6) is 0 Å². The number of hydrogen-bond donors (Lipinski definition) is 1. The van der Waals surface area contributed by atoms with Crippen LogP contribution in [0, 0.1) is 0 Å². The molecule has 6 heteroatoms. The van der Waals surface area contributed by atoms with Gasteiger partial charge in [0.2, 0.25) is 0 Å². The van der Waals surface area contributed by atoms with E-state index in [-0.39, 0.29) is 0 Å². The van der Waals surface area contributed by atoms with Gasteiger partial charge in [0, 0.05) is 24.8 Å². The van der Waals surface area contributed by atoms with Crippen molar-refractivity contribution >= 4 is 5.69 Å². The van der Waals surface area contributed by atoms with E-state index in [1.165, 1.54) is 0 Å². The molecule has 2 N–H and O–H groups in total. The van der Waals surface area contributed by atoms with Gasteiger partial charge in [-0.2, -0.15) is 4.98 Å². The van der Waals surface area contributed by atoms with Crippen molar-refractivity contribution in [3.63, 3.8) is 0 Å². The molecule has 0 amide bonds. The Morgan fingerprint density at radius 1 is 1.24 bits per heavy atom. The molecule has 2 heterocycles. The second-order valence-electron chi connectivity index (χ2n) is 4.94. The molecule has 1 aromatic carbocycles. The second kappa shape index (κ2) is 5.78. The summed E-state index contributed by atoms with van der Waals surface area (Å²) < 4.78 is 7.21. The smallest absolute Gasteiger partial charge is 0.278 e.